The van der Waals surface area contributed by atoms with Crippen LogP contribution in [0, 0.1) is 0 Å². The normalized spacial score (nSPS) is 10.2. The van der Waals surface area contributed by atoms with Gasteiger partial charge in [-0.3, -0.25) is 4.79 Å². The van der Waals surface area contributed by atoms with Crippen molar-refractivity contribution < 1.29 is 19.3 Å². The van der Waals surface area contributed by atoms with Crippen molar-refractivity contribution in [1.82, 2.24) is 9.88 Å². The number of imidazole rings is 1. The molecule has 0 spiro atoms. The molecule has 0 aliphatic carbocycles. The SMILES string of the molecule is C=C(C)C(=O)NCCC[n+]1ccn(CCC(=O)[O-])c1. The number of amides is 1. The Morgan fingerprint density at radius 3 is 2.84 bits per heavy atom. The third-order valence-electron chi connectivity index (χ3n) is 2.59. The lowest BCUT2D eigenvalue weighted by Gasteiger charge is -2.02. The van der Waals surface area contributed by atoms with E-state index in [-0.39, 0.29) is 12.3 Å². The lowest BCUT2D eigenvalue weighted by atomic mass is 10.3. The van der Waals surface area contributed by atoms with Crippen molar-refractivity contribution in [1.29, 1.82) is 0 Å². The van der Waals surface area contributed by atoms with E-state index in [2.05, 4.69) is 11.9 Å². The van der Waals surface area contributed by atoms with E-state index in [9.17, 15) is 14.7 Å². The quantitative estimate of drug-likeness (QED) is 0.372. The molecular formula is C13H19N3O3. The standard InChI is InChI=1S/C13H19N3O3/c1-11(2)13(19)14-5-3-6-15-8-9-16(10-15)7-4-12(17)18/h8-10H,1,3-7H2,2H3,(H-,14,17,18,19). The molecule has 0 fully saturated rings. The van der Waals surface area contributed by atoms with Crippen LogP contribution in [-0.4, -0.2) is 23.0 Å². The fourth-order valence-corrected chi connectivity index (χ4v) is 1.54. The number of hydrogen-bond acceptors (Lipinski definition) is 3. The number of aliphatic carboxylic acids is 1. The van der Waals surface area contributed by atoms with Gasteiger partial charge in [0.25, 0.3) is 0 Å². The average molecular weight is 265 g/mol. The molecule has 0 aliphatic rings. The third-order valence-corrected chi connectivity index (χ3v) is 2.59. The Hall–Kier alpha value is -2.11. The van der Waals surface area contributed by atoms with Gasteiger partial charge in [0.2, 0.25) is 12.2 Å². The average Bonchev–Trinajstić information content (AvgIpc) is 2.79. The van der Waals surface area contributed by atoms with Gasteiger partial charge in [0.05, 0.1) is 13.1 Å². The van der Waals surface area contributed by atoms with Crippen LogP contribution in [0.3, 0.4) is 0 Å². The molecule has 1 aromatic rings. The molecular weight excluding hydrogens is 246 g/mol. The van der Waals surface area contributed by atoms with E-state index in [1.807, 2.05) is 23.3 Å². The largest absolute Gasteiger partial charge is 0.550 e. The molecule has 1 N–H and O–H groups in total. The summed E-state index contributed by atoms with van der Waals surface area (Å²) < 4.78 is 3.74. The van der Waals surface area contributed by atoms with Crippen molar-refractivity contribution >= 4 is 11.9 Å². The number of carboxylic acid groups (broad SMARTS) is 1. The summed E-state index contributed by atoms with van der Waals surface area (Å²) in [5.74, 6) is -1.18. The Morgan fingerprint density at radius 2 is 2.21 bits per heavy atom. The minimum absolute atomic E-state index is 0.00332. The molecule has 19 heavy (non-hydrogen) atoms. The summed E-state index contributed by atoms with van der Waals surface area (Å²) >= 11 is 0. The number of carbonyl (C=O) groups is 2. The first-order valence-corrected chi connectivity index (χ1v) is 6.17. The van der Waals surface area contributed by atoms with E-state index in [0.717, 1.165) is 13.0 Å². The molecule has 1 heterocycles. The van der Waals surface area contributed by atoms with Crippen molar-refractivity contribution in [3.05, 3.63) is 30.9 Å². The van der Waals surface area contributed by atoms with Gasteiger partial charge < -0.3 is 15.2 Å². The highest BCUT2D eigenvalue weighted by Crippen LogP contribution is 1.90. The Morgan fingerprint density at radius 1 is 1.47 bits per heavy atom. The molecule has 0 saturated heterocycles. The number of aromatic nitrogens is 2. The number of rotatable bonds is 8. The molecule has 0 aromatic carbocycles. The maximum absolute atomic E-state index is 11.2. The molecule has 0 radical (unpaired) electrons. The van der Waals surface area contributed by atoms with Gasteiger partial charge in [-0.15, -0.1) is 0 Å². The number of hydrogen-bond donors (Lipinski definition) is 1. The summed E-state index contributed by atoms with van der Waals surface area (Å²) in [6, 6.07) is 0. The molecule has 6 heteroatoms. The van der Waals surface area contributed by atoms with Gasteiger partial charge in [0.1, 0.15) is 12.4 Å². The van der Waals surface area contributed by atoms with Crippen LogP contribution in [-0.2, 0) is 22.7 Å². The number of nitrogens with zero attached hydrogens (tertiary/aromatic N) is 2. The highest BCUT2D eigenvalue weighted by molar-refractivity contribution is 5.91. The molecule has 1 rings (SSSR count). The molecule has 0 atom stereocenters. The van der Waals surface area contributed by atoms with Crippen LogP contribution in [0.1, 0.15) is 19.8 Å². The van der Waals surface area contributed by atoms with Crippen LogP contribution in [0.5, 0.6) is 0 Å². The summed E-state index contributed by atoms with van der Waals surface area (Å²) in [7, 11) is 0. The topological polar surface area (TPSA) is 78.0 Å². The molecule has 0 bridgehead atoms. The highest BCUT2D eigenvalue weighted by Gasteiger charge is 2.04. The predicted molar refractivity (Wildman–Crippen MR) is 66.7 cm³/mol. The van der Waals surface area contributed by atoms with Gasteiger partial charge in [-0.1, -0.05) is 6.58 Å². The fourth-order valence-electron chi connectivity index (χ4n) is 1.54. The summed E-state index contributed by atoms with van der Waals surface area (Å²) in [6.07, 6.45) is 6.33. The minimum atomic E-state index is -1.05. The Kier molecular flexibility index (Phi) is 5.78. The Bertz CT molecular complexity index is 465. The van der Waals surface area contributed by atoms with E-state index in [0.29, 0.717) is 18.7 Å². The first-order chi connectivity index (χ1) is 8.99. The van der Waals surface area contributed by atoms with E-state index in [1.165, 1.54) is 0 Å². The number of carbonyl (C=O) groups excluding carboxylic acids is 2. The zero-order chi connectivity index (χ0) is 14.3. The van der Waals surface area contributed by atoms with Gasteiger partial charge >= 0.3 is 0 Å². The van der Waals surface area contributed by atoms with Crippen LogP contribution in [0.25, 0.3) is 0 Å². The monoisotopic (exact) mass is 265 g/mol. The summed E-state index contributed by atoms with van der Waals surface area (Å²) in [5.41, 5.74) is 0.501. The highest BCUT2D eigenvalue weighted by atomic mass is 16.4. The van der Waals surface area contributed by atoms with Gasteiger partial charge in [-0.25, -0.2) is 9.13 Å². The van der Waals surface area contributed by atoms with Gasteiger partial charge in [0.15, 0.2) is 0 Å². The lowest BCUT2D eigenvalue weighted by molar-refractivity contribution is -0.696. The van der Waals surface area contributed by atoms with E-state index in [4.69, 9.17) is 0 Å². The van der Waals surface area contributed by atoms with E-state index < -0.39 is 5.97 Å². The smallest absolute Gasteiger partial charge is 0.246 e. The molecule has 104 valence electrons. The van der Waals surface area contributed by atoms with Crippen LogP contribution >= 0.6 is 0 Å². The molecule has 0 aliphatic heterocycles. The third kappa shape index (κ3) is 5.85. The molecule has 0 saturated carbocycles. The Labute approximate surface area is 112 Å². The zero-order valence-corrected chi connectivity index (χ0v) is 11.1. The van der Waals surface area contributed by atoms with Gasteiger partial charge in [0, 0.05) is 30.9 Å². The van der Waals surface area contributed by atoms with Crippen LogP contribution in [0.2, 0.25) is 0 Å². The van der Waals surface area contributed by atoms with E-state index >= 15 is 0 Å². The van der Waals surface area contributed by atoms with Crippen LogP contribution < -0.4 is 15.0 Å². The second-order valence-corrected chi connectivity index (χ2v) is 4.40. The molecule has 1 amide bonds. The van der Waals surface area contributed by atoms with Gasteiger partial charge in [-0.05, 0) is 6.92 Å². The number of carboxylic acids is 1. The Balaban J connectivity index is 2.25. The summed E-state index contributed by atoms with van der Waals surface area (Å²) in [4.78, 5) is 21.6. The summed E-state index contributed by atoms with van der Waals surface area (Å²) in [6.45, 7) is 6.97. The number of nitrogens with one attached hydrogen (secondary N) is 1. The van der Waals surface area contributed by atoms with Crippen LogP contribution in [0.4, 0.5) is 0 Å². The second kappa shape index (κ2) is 7.35. The van der Waals surface area contributed by atoms with Crippen molar-refractivity contribution in [3.8, 4) is 0 Å². The first kappa shape index (κ1) is 14.9. The summed E-state index contributed by atoms with van der Waals surface area (Å²) in [5, 5.41) is 13.1. The van der Waals surface area contributed by atoms with Crippen molar-refractivity contribution in [2.45, 2.75) is 32.9 Å². The van der Waals surface area contributed by atoms with Crippen LogP contribution in [0.15, 0.2) is 30.9 Å². The molecule has 1 aromatic heterocycles. The van der Waals surface area contributed by atoms with E-state index in [1.54, 1.807) is 11.5 Å². The molecule has 0 unspecified atom stereocenters. The lowest BCUT2D eigenvalue weighted by Crippen LogP contribution is -2.34. The van der Waals surface area contributed by atoms with Gasteiger partial charge in [-0.2, -0.15) is 0 Å². The maximum Gasteiger partial charge on any atom is 0.246 e. The zero-order valence-electron chi connectivity index (χ0n) is 11.1. The number of aryl methyl sites for hydroxylation is 2. The predicted octanol–water partition coefficient (Wildman–Crippen LogP) is -1.00. The van der Waals surface area contributed by atoms with Crippen molar-refractivity contribution in [2.24, 2.45) is 0 Å². The maximum atomic E-state index is 11.2. The minimum Gasteiger partial charge on any atom is -0.550 e. The fraction of sp³-hybridized carbons (Fsp3) is 0.462. The van der Waals surface area contributed by atoms with Crippen molar-refractivity contribution in [3.63, 3.8) is 0 Å². The first-order valence-electron chi connectivity index (χ1n) is 6.17. The molecule has 6 nitrogen and oxygen atoms in total. The second-order valence-electron chi connectivity index (χ2n) is 4.40. The van der Waals surface area contributed by atoms with Crippen molar-refractivity contribution in [2.75, 3.05) is 6.54 Å².